The molecule has 0 bridgehead atoms. The Morgan fingerprint density at radius 3 is 2.90 bits per heavy atom. The van der Waals surface area contributed by atoms with Crippen molar-refractivity contribution in [3.63, 3.8) is 0 Å². The van der Waals surface area contributed by atoms with Gasteiger partial charge in [-0.15, -0.1) is 0 Å². The molecule has 1 aliphatic rings. The molecule has 4 nitrogen and oxygen atoms in total. The molecule has 1 aliphatic carbocycles. The maximum Gasteiger partial charge on any atom is 0.0945 e. The van der Waals surface area contributed by atoms with E-state index >= 15 is 0 Å². The zero-order valence-electron chi connectivity index (χ0n) is 12.2. The van der Waals surface area contributed by atoms with E-state index in [2.05, 4.69) is 5.32 Å². The maximum atomic E-state index is 9.93. The Morgan fingerprint density at radius 2 is 2.15 bits per heavy atom. The summed E-state index contributed by atoms with van der Waals surface area (Å²) in [4.78, 5) is 0. The van der Waals surface area contributed by atoms with Crippen LogP contribution in [0, 0.1) is 0 Å². The highest BCUT2D eigenvalue weighted by Crippen LogP contribution is 2.21. The molecule has 0 amide bonds. The highest BCUT2D eigenvalue weighted by molar-refractivity contribution is 5.45. The van der Waals surface area contributed by atoms with Gasteiger partial charge in [-0.25, -0.2) is 0 Å². The molecule has 0 aromatic heterocycles. The van der Waals surface area contributed by atoms with E-state index in [9.17, 15) is 5.11 Å². The Bertz CT molecular complexity index is 391. The fourth-order valence-electron chi connectivity index (χ4n) is 2.53. The molecule has 20 heavy (non-hydrogen) atoms. The molecule has 1 saturated carbocycles. The fraction of sp³-hybridized carbons (Fsp3) is 0.625. The lowest BCUT2D eigenvalue weighted by molar-refractivity contribution is -0.00117. The summed E-state index contributed by atoms with van der Waals surface area (Å²) in [6, 6.07) is 8.03. The normalized spacial score (nSPS) is 17.3. The van der Waals surface area contributed by atoms with Gasteiger partial charge in [-0.3, -0.25) is 0 Å². The van der Waals surface area contributed by atoms with Gasteiger partial charge in [-0.1, -0.05) is 25.0 Å². The number of hydrogen-bond acceptors (Lipinski definition) is 4. The molecular weight excluding hydrogens is 254 g/mol. The summed E-state index contributed by atoms with van der Waals surface area (Å²) in [5.41, 5.74) is 2.12. The van der Waals surface area contributed by atoms with Gasteiger partial charge < -0.3 is 19.9 Å². The van der Waals surface area contributed by atoms with Crippen LogP contribution in [0.3, 0.4) is 0 Å². The Kier molecular flexibility index (Phi) is 6.30. The van der Waals surface area contributed by atoms with Crippen molar-refractivity contribution in [2.24, 2.45) is 0 Å². The molecule has 0 heterocycles. The van der Waals surface area contributed by atoms with Gasteiger partial charge in [0.2, 0.25) is 0 Å². The number of benzene rings is 1. The SMILES string of the molecule is COCc1cccc(NCC(O)COC2CCCC2)c1. The van der Waals surface area contributed by atoms with Crippen molar-refractivity contribution < 1.29 is 14.6 Å². The van der Waals surface area contributed by atoms with Crippen LogP contribution in [0.25, 0.3) is 0 Å². The number of rotatable bonds is 8. The first-order chi connectivity index (χ1) is 9.78. The molecule has 1 atom stereocenters. The fourth-order valence-corrected chi connectivity index (χ4v) is 2.53. The van der Waals surface area contributed by atoms with Crippen molar-refractivity contribution in [2.45, 2.75) is 44.5 Å². The van der Waals surface area contributed by atoms with Gasteiger partial charge in [0.05, 0.1) is 25.4 Å². The lowest BCUT2D eigenvalue weighted by Crippen LogP contribution is -2.27. The van der Waals surface area contributed by atoms with Gasteiger partial charge in [0.15, 0.2) is 0 Å². The quantitative estimate of drug-likeness (QED) is 0.768. The third kappa shape index (κ3) is 5.12. The summed E-state index contributed by atoms with van der Waals surface area (Å²) in [6.45, 7) is 1.52. The zero-order chi connectivity index (χ0) is 14.2. The summed E-state index contributed by atoms with van der Waals surface area (Å²) >= 11 is 0. The molecule has 112 valence electrons. The molecule has 0 spiro atoms. The predicted octanol–water partition coefficient (Wildman–Crippen LogP) is 2.57. The Balaban J connectivity index is 1.69. The molecule has 1 aromatic rings. The number of aliphatic hydroxyl groups excluding tert-OH is 1. The van der Waals surface area contributed by atoms with Gasteiger partial charge >= 0.3 is 0 Å². The Labute approximate surface area is 121 Å². The van der Waals surface area contributed by atoms with Crippen LogP contribution in [-0.2, 0) is 16.1 Å². The zero-order valence-corrected chi connectivity index (χ0v) is 12.2. The summed E-state index contributed by atoms with van der Waals surface area (Å²) in [6.07, 6.45) is 4.67. The van der Waals surface area contributed by atoms with Crippen LogP contribution in [0.2, 0.25) is 0 Å². The molecule has 1 aromatic carbocycles. The highest BCUT2D eigenvalue weighted by Gasteiger charge is 2.16. The van der Waals surface area contributed by atoms with Crippen LogP contribution in [-0.4, -0.2) is 37.6 Å². The van der Waals surface area contributed by atoms with E-state index in [-0.39, 0.29) is 0 Å². The van der Waals surface area contributed by atoms with Crippen LogP contribution >= 0.6 is 0 Å². The van der Waals surface area contributed by atoms with Crippen molar-refractivity contribution >= 4 is 5.69 Å². The predicted molar refractivity (Wildman–Crippen MR) is 79.9 cm³/mol. The first-order valence-electron chi connectivity index (χ1n) is 7.39. The molecule has 2 rings (SSSR count). The minimum absolute atomic E-state index is 0.356. The largest absolute Gasteiger partial charge is 0.389 e. The van der Waals surface area contributed by atoms with Gasteiger partial charge in [-0.05, 0) is 30.5 Å². The van der Waals surface area contributed by atoms with Gasteiger partial charge in [-0.2, -0.15) is 0 Å². The monoisotopic (exact) mass is 279 g/mol. The lowest BCUT2D eigenvalue weighted by atomic mass is 10.2. The minimum atomic E-state index is -0.471. The molecule has 0 aliphatic heterocycles. The third-order valence-electron chi connectivity index (χ3n) is 3.61. The number of nitrogens with one attached hydrogen (secondary N) is 1. The van der Waals surface area contributed by atoms with Gasteiger partial charge in [0, 0.05) is 19.3 Å². The van der Waals surface area contributed by atoms with E-state index < -0.39 is 6.10 Å². The maximum absolute atomic E-state index is 9.93. The van der Waals surface area contributed by atoms with Crippen molar-refractivity contribution in [2.75, 3.05) is 25.6 Å². The average Bonchev–Trinajstić information content (AvgIpc) is 2.97. The van der Waals surface area contributed by atoms with Gasteiger partial charge in [0.1, 0.15) is 0 Å². The van der Waals surface area contributed by atoms with E-state index in [1.807, 2.05) is 24.3 Å². The van der Waals surface area contributed by atoms with E-state index in [4.69, 9.17) is 9.47 Å². The van der Waals surface area contributed by atoms with Crippen molar-refractivity contribution in [1.29, 1.82) is 0 Å². The second kappa shape index (κ2) is 8.25. The minimum Gasteiger partial charge on any atom is -0.389 e. The standard InChI is InChI=1S/C16H25NO3/c1-19-11-13-5-4-6-14(9-13)17-10-15(18)12-20-16-7-2-3-8-16/h4-6,9,15-18H,2-3,7-8,10-12H2,1H3. The van der Waals surface area contributed by atoms with Crippen LogP contribution in [0.1, 0.15) is 31.2 Å². The molecule has 1 fully saturated rings. The number of hydrogen-bond donors (Lipinski definition) is 2. The summed E-state index contributed by atoms with van der Waals surface area (Å²) in [5.74, 6) is 0. The first kappa shape index (κ1) is 15.3. The second-order valence-corrected chi connectivity index (χ2v) is 5.41. The van der Waals surface area contributed by atoms with Crippen LogP contribution in [0.15, 0.2) is 24.3 Å². The molecule has 1 unspecified atom stereocenters. The molecule has 0 saturated heterocycles. The van der Waals surface area contributed by atoms with E-state index in [1.165, 1.54) is 12.8 Å². The second-order valence-electron chi connectivity index (χ2n) is 5.41. The molecule has 2 N–H and O–H groups in total. The number of anilines is 1. The highest BCUT2D eigenvalue weighted by atomic mass is 16.5. The van der Waals surface area contributed by atoms with Crippen LogP contribution in [0.5, 0.6) is 0 Å². The first-order valence-corrected chi connectivity index (χ1v) is 7.39. The number of ether oxygens (including phenoxy) is 2. The van der Waals surface area contributed by atoms with Crippen molar-refractivity contribution in [3.05, 3.63) is 29.8 Å². The van der Waals surface area contributed by atoms with Gasteiger partial charge in [0.25, 0.3) is 0 Å². The molecule has 0 radical (unpaired) electrons. The lowest BCUT2D eigenvalue weighted by Gasteiger charge is -2.16. The topological polar surface area (TPSA) is 50.7 Å². The van der Waals surface area contributed by atoms with E-state index in [0.29, 0.717) is 25.9 Å². The Morgan fingerprint density at radius 1 is 1.35 bits per heavy atom. The van der Waals surface area contributed by atoms with E-state index in [1.54, 1.807) is 7.11 Å². The average molecular weight is 279 g/mol. The van der Waals surface area contributed by atoms with Crippen molar-refractivity contribution in [3.8, 4) is 0 Å². The third-order valence-corrected chi connectivity index (χ3v) is 3.61. The summed E-state index contributed by atoms with van der Waals surface area (Å²) < 4.78 is 10.8. The van der Waals surface area contributed by atoms with Crippen LogP contribution in [0.4, 0.5) is 5.69 Å². The molecule has 4 heteroatoms. The Hall–Kier alpha value is -1.10. The smallest absolute Gasteiger partial charge is 0.0945 e. The van der Waals surface area contributed by atoms with Crippen LogP contribution < -0.4 is 5.32 Å². The summed E-state index contributed by atoms with van der Waals surface area (Å²) in [7, 11) is 1.68. The number of methoxy groups -OCH3 is 1. The van der Waals surface area contributed by atoms with Crippen molar-refractivity contribution in [1.82, 2.24) is 0 Å². The summed E-state index contributed by atoms with van der Waals surface area (Å²) in [5, 5.41) is 13.2. The molecular formula is C16H25NO3. The number of aliphatic hydroxyl groups is 1. The van der Waals surface area contributed by atoms with E-state index in [0.717, 1.165) is 24.1 Å².